The molecule has 1 aromatic rings. The second kappa shape index (κ2) is 8.22. The van der Waals surface area contributed by atoms with Gasteiger partial charge in [-0.15, -0.1) is 0 Å². The summed E-state index contributed by atoms with van der Waals surface area (Å²) in [5.74, 6) is 0. The fraction of sp³-hybridized carbons (Fsp3) is 0.500. The van der Waals surface area contributed by atoms with E-state index in [0.717, 1.165) is 0 Å². The number of nitrogens with zero attached hydrogens (tertiary/aromatic N) is 1. The number of sulfonamides is 1. The van der Waals surface area contributed by atoms with Crippen molar-refractivity contribution in [1.82, 2.24) is 14.9 Å². The van der Waals surface area contributed by atoms with Crippen LogP contribution in [0.5, 0.6) is 0 Å². The van der Waals surface area contributed by atoms with Crippen molar-refractivity contribution in [2.24, 2.45) is 0 Å². The molecule has 0 radical (unpaired) electrons. The molecule has 1 aliphatic heterocycles. The molecule has 2 amide bonds. The van der Waals surface area contributed by atoms with Gasteiger partial charge in [0.05, 0.1) is 5.02 Å². The largest absolute Gasteiger partial charge is 0.444 e. The predicted molar refractivity (Wildman–Crippen MR) is 101 cm³/mol. The van der Waals surface area contributed by atoms with E-state index in [1.54, 1.807) is 20.8 Å². The van der Waals surface area contributed by atoms with Gasteiger partial charge in [-0.25, -0.2) is 17.9 Å². The molecule has 2 atom stereocenters. The van der Waals surface area contributed by atoms with E-state index in [1.807, 2.05) is 0 Å². The molecule has 2 rings (SSSR count). The third-order valence-electron chi connectivity index (χ3n) is 3.69. The number of rotatable bonds is 5. The number of benzene rings is 1. The van der Waals surface area contributed by atoms with E-state index in [1.165, 1.54) is 23.1 Å². The lowest BCUT2D eigenvalue weighted by molar-refractivity contribution is -0.110. The van der Waals surface area contributed by atoms with Crippen LogP contribution in [0.15, 0.2) is 23.1 Å². The first-order valence-electron chi connectivity index (χ1n) is 8.09. The Labute approximate surface area is 168 Å². The highest BCUT2D eigenvalue weighted by Crippen LogP contribution is 2.27. The predicted octanol–water partition coefficient (Wildman–Crippen LogP) is 2.35. The number of hydrogen-bond donors (Lipinski definition) is 2. The maximum absolute atomic E-state index is 12.7. The molecule has 8 nitrogen and oxygen atoms in total. The van der Waals surface area contributed by atoms with E-state index in [-0.39, 0.29) is 27.9 Å². The number of nitrogens with one attached hydrogen (secondary N) is 2. The van der Waals surface area contributed by atoms with Gasteiger partial charge in [0.25, 0.3) is 0 Å². The quantitative estimate of drug-likeness (QED) is 0.687. The zero-order valence-corrected chi connectivity index (χ0v) is 17.4. The van der Waals surface area contributed by atoms with Crippen LogP contribution in [-0.4, -0.2) is 50.2 Å². The average molecular weight is 438 g/mol. The maximum atomic E-state index is 12.7. The first-order valence-corrected chi connectivity index (χ1v) is 10.3. The Morgan fingerprint density at radius 1 is 1.33 bits per heavy atom. The summed E-state index contributed by atoms with van der Waals surface area (Å²) in [4.78, 5) is 24.3. The van der Waals surface area contributed by atoms with Gasteiger partial charge in [0, 0.05) is 24.0 Å². The molecule has 0 saturated carbocycles. The first kappa shape index (κ1) is 21.7. The third kappa shape index (κ3) is 5.71. The van der Waals surface area contributed by atoms with Crippen LogP contribution in [0, 0.1) is 0 Å². The number of ether oxygens (including phenoxy) is 1. The highest BCUT2D eigenvalue weighted by atomic mass is 35.5. The number of likely N-dealkylation sites (tertiary alicyclic amines) is 1. The highest BCUT2D eigenvalue weighted by molar-refractivity contribution is 7.89. The Balaban J connectivity index is 2.18. The zero-order valence-electron chi connectivity index (χ0n) is 15.0. The summed E-state index contributed by atoms with van der Waals surface area (Å²) in [6.07, 6.45) is -0.716. The van der Waals surface area contributed by atoms with Crippen molar-refractivity contribution in [2.45, 2.75) is 49.9 Å². The van der Waals surface area contributed by atoms with Crippen LogP contribution in [-0.2, 0) is 19.6 Å². The number of carbonyl (C=O) groups excluding carboxylic acids is 2. The number of hydrogen-bond acceptors (Lipinski definition) is 5. The maximum Gasteiger partial charge on any atom is 0.411 e. The minimum Gasteiger partial charge on any atom is -0.444 e. The minimum atomic E-state index is -3.98. The normalized spacial score (nSPS) is 20.4. The zero-order chi connectivity index (χ0) is 20.4. The van der Waals surface area contributed by atoms with E-state index in [2.05, 4.69) is 10.0 Å². The van der Waals surface area contributed by atoms with E-state index < -0.39 is 33.9 Å². The van der Waals surface area contributed by atoms with Crippen molar-refractivity contribution >= 4 is 45.7 Å². The van der Waals surface area contributed by atoms with Crippen LogP contribution in [0.3, 0.4) is 0 Å². The monoisotopic (exact) mass is 437 g/mol. The molecule has 150 valence electrons. The van der Waals surface area contributed by atoms with Crippen molar-refractivity contribution < 1.29 is 22.7 Å². The minimum absolute atomic E-state index is 0.0245. The Morgan fingerprint density at radius 2 is 2.00 bits per heavy atom. The second-order valence-electron chi connectivity index (χ2n) is 7.06. The molecule has 0 aliphatic carbocycles. The molecule has 0 aromatic heterocycles. The molecule has 27 heavy (non-hydrogen) atoms. The van der Waals surface area contributed by atoms with Gasteiger partial charge < -0.3 is 10.1 Å². The molecule has 0 unspecified atom stereocenters. The average Bonchev–Trinajstić information content (AvgIpc) is 2.90. The van der Waals surface area contributed by atoms with Gasteiger partial charge in [0.15, 0.2) is 0 Å². The lowest BCUT2D eigenvalue weighted by atomic mass is 10.2. The van der Waals surface area contributed by atoms with Gasteiger partial charge in [-0.05, 0) is 39.0 Å². The van der Waals surface area contributed by atoms with Crippen molar-refractivity contribution in [3.8, 4) is 0 Å². The fourth-order valence-electron chi connectivity index (χ4n) is 2.65. The fourth-order valence-corrected chi connectivity index (χ4v) is 4.65. The van der Waals surface area contributed by atoms with Gasteiger partial charge in [-0.1, -0.05) is 23.2 Å². The Kier molecular flexibility index (Phi) is 6.62. The summed E-state index contributed by atoms with van der Waals surface area (Å²) < 4.78 is 33.1. The first-order chi connectivity index (χ1) is 12.4. The van der Waals surface area contributed by atoms with Gasteiger partial charge >= 0.3 is 6.09 Å². The Hall–Kier alpha value is -1.55. The standard InChI is InChI=1S/C16H21Cl2N3O5S/c1-16(2,3)26-15(23)21-8-11(7-14(21)19-9-22)20-27(24,25)13-6-10(17)4-5-12(13)18/h4-6,9,11,14,20H,7-8H2,1-3H3,(H,19,22)/t11-,14+/m1/s1. The Bertz CT molecular complexity index is 826. The van der Waals surface area contributed by atoms with E-state index in [4.69, 9.17) is 27.9 Å². The van der Waals surface area contributed by atoms with E-state index in [9.17, 15) is 18.0 Å². The molecule has 1 aromatic carbocycles. The topological polar surface area (TPSA) is 105 Å². The van der Waals surface area contributed by atoms with Crippen LogP contribution < -0.4 is 10.0 Å². The van der Waals surface area contributed by atoms with Gasteiger partial charge in [-0.2, -0.15) is 0 Å². The molecule has 11 heteroatoms. The third-order valence-corrected chi connectivity index (χ3v) is 5.93. The van der Waals surface area contributed by atoms with Crippen LogP contribution in [0.25, 0.3) is 0 Å². The van der Waals surface area contributed by atoms with Gasteiger partial charge in [-0.3, -0.25) is 9.69 Å². The molecule has 1 fully saturated rings. The summed E-state index contributed by atoms with van der Waals surface area (Å²) in [7, 11) is -3.98. The molecule has 1 aliphatic rings. The van der Waals surface area contributed by atoms with Crippen molar-refractivity contribution in [3.63, 3.8) is 0 Å². The van der Waals surface area contributed by atoms with Gasteiger partial charge in [0.2, 0.25) is 16.4 Å². The van der Waals surface area contributed by atoms with Crippen molar-refractivity contribution in [2.75, 3.05) is 6.54 Å². The summed E-state index contributed by atoms with van der Waals surface area (Å²) >= 11 is 11.8. The van der Waals surface area contributed by atoms with Crippen LogP contribution >= 0.6 is 23.2 Å². The van der Waals surface area contributed by atoms with E-state index in [0.29, 0.717) is 6.41 Å². The molecule has 0 bridgehead atoms. The summed E-state index contributed by atoms with van der Waals surface area (Å²) in [6.45, 7) is 5.16. The molecule has 1 heterocycles. The SMILES string of the molecule is CC(C)(C)OC(=O)N1C[C@H](NS(=O)(=O)c2cc(Cl)ccc2Cl)C[C@H]1NC=O. The lowest BCUT2D eigenvalue weighted by Crippen LogP contribution is -2.46. The van der Waals surface area contributed by atoms with Crippen LogP contribution in [0.2, 0.25) is 10.0 Å². The molecular formula is C16H21Cl2N3O5S. The molecular weight excluding hydrogens is 417 g/mol. The smallest absolute Gasteiger partial charge is 0.411 e. The lowest BCUT2D eigenvalue weighted by Gasteiger charge is -2.28. The second-order valence-corrected chi connectivity index (χ2v) is 9.59. The van der Waals surface area contributed by atoms with Crippen LogP contribution in [0.4, 0.5) is 4.79 Å². The van der Waals surface area contributed by atoms with Gasteiger partial charge in [0.1, 0.15) is 16.7 Å². The highest BCUT2D eigenvalue weighted by Gasteiger charge is 2.39. The molecule has 0 spiro atoms. The summed E-state index contributed by atoms with van der Waals surface area (Å²) in [5.41, 5.74) is -0.727. The van der Waals surface area contributed by atoms with E-state index >= 15 is 0 Å². The van der Waals surface area contributed by atoms with Crippen molar-refractivity contribution in [3.05, 3.63) is 28.2 Å². The molecule has 1 saturated heterocycles. The summed E-state index contributed by atoms with van der Waals surface area (Å²) in [5, 5.41) is 2.75. The number of amides is 2. The number of carbonyl (C=O) groups is 2. The number of halogens is 2. The van der Waals surface area contributed by atoms with Crippen molar-refractivity contribution in [1.29, 1.82) is 0 Å². The van der Waals surface area contributed by atoms with Crippen LogP contribution in [0.1, 0.15) is 27.2 Å². The molecule has 2 N–H and O–H groups in total. The Morgan fingerprint density at radius 3 is 2.59 bits per heavy atom. The summed E-state index contributed by atoms with van der Waals surface area (Å²) in [6, 6.07) is 3.47.